The zero-order valence-corrected chi connectivity index (χ0v) is 12.0. The largest absolute Gasteiger partial charge is 0.366 e. The van der Waals surface area contributed by atoms with E-state index in [2.05, 4.69) is 4.72 Å². The lowest BCUT2D eigenvalue weighted by molar-refractivity contribution is -0.384. The maximum absolute atomic E-state index is 11.2. The Labute approximate surface area is 117 Å². The summed E-state index contributed by atoms with van der Waals surface area (Å²) in [5.41, 5.74) is 0.827. The molecule has 0 atom stereocenters. The number of nitro benzene ring substituents is 1. The van der Waals surface area contributed by atoms with E-state index in [0.29, 0.717) is 11.4 Å². The Bertz CT molecular complexity index is 609. The number of nitrogens with one attached hydrogen (secondary N) is 1. The standard InChI is InChI=1S/C12H17N3O4S/c1-20(18,19)13-10-5-6-11(15(16)17)12(9-10)14-7-3-2-4-8-14/h5-6,9,13H,2-4,7-8H2,1H3. The van der Waals surface area contributed by atoms with Crippen LogP contribution >= 0.6 is 0 Å². The molecule has 0 saturated carbocycles. The summed E-state index contributed by atoms with van der Waals surface area (Å²) >= 11 is 0. The first-order valence-electron chi connectivity index (χ1n) is 6.38. The lowest BCUT2D eigenvalue weighted by atomic mass is 10.1. The van der Waals surface area contributed by atoms with Crippen molar-refractivity contribution in [2.24, 2.45) is 0 Å². The molecular formula is C12H17N3O4S. The van der Waals surface area contributed by atoms with Gasteiger partial charge in [-0.3, -0.25) is 14.8 Å². The van der Waals surface area contributed by atoms with Crippen LogP contribution in [-0.4, -0.2) is 32.7 Å². The van der Waals surface area contributed by atoms with E-state index in [1.807, 2.05) is 4.90 Å². The molecule has 1 fully saturated rings. The topological polar surface area (TPSA) is 92.5 Å². The van der Waals surface area contributed by atoms with Gasteiger partial charge in [-0.2, -0.15) is 0 Å². The highest BCUT2D eigenvalue weighted by Gasteiger charge is 2.22. The number of hydrogen-bond acceptors (Lipinski definition) is 5. The normalized spacial score (nSPS) is 15.9. The van der Waals surface area contributed by atoms with Crippen molar-refractivity contribution in [1.29, 1.82) is 0 Å². The molecule has 8 heteroatoms. The summed E-state index contributed by atoms with van der Waals surface area (Å²) in [6, 6.07) is 4.29. The van der Waals surface area contributed by atoms with E-state index in [-0.39, 0.29) is 5.69 Å². The van der Waals surface area contributed by atoms with Gasteiger partial charge in [0.2, 0.25) is 10.0 Å². The molecule has 0 aromatic heterocycles. The molecule has 2 rings (SSSR count). The molecule has 0 aliphatic carbocycles. The van der Waals surface area contributed by atoms with Crippen LogP contribution in [0.25, 0.3) is 0 Å². The Kier molecular flexibility index (Phi) is 4.12. The van der Waals surface area contributed by atoms with Crippen molar-refractivity contribution in [1.82, 2.24) is 0 Å². The summed E-state index contributed by atoms with van der Waals surface area (Å²) in [5, 5.41) is 11.1. The summed E-state index contributed by atoms with van der Waals surface area (Å²) in [6.07, 6.45) is 4.14. The van der Waals surface area contributed by atoms with E-state index >= 15 is 0 Å². The predicted octanol–water partition coefficient (Wildman–Crippen LogP) is 1.96. The Balaban J connectivity index is 2.38. The van der Waals surface area contributed by atoms with Gasteiger partial charge in [0.05, 0.1) is 16.9 Å². The van der Waals surface area contributed by atoms with Gasteiger partial charge in [0.25, 0.3) is 5.69 Å². The lowest BCUT2D eigenvalue weighted by Gasteiger charge is -2.28. The average molecular weight is 299 g/mol. The van der Waals surface area contributed by atoms with Gasteiger partial charge in [0.1, 0.15) is 5.69 Å². The molecule has 0 unspecified atom stereocenters. The van der Waals surface area contributed by atoms with Crippen LogP contribution in [0.3, 0.4) is 0 Å². The molecule has 1 aliphatic heterocycles. The molecule has 1 aromatic rings. The maximum Gasteiger partial charge on any atom is 0.292 e. The van der Waals surface area contributed by atoms with Crippen LogP contribution in [0.1, 0.15) is 19.3 Å². The number of anilines is 2. The van der Waals surface area contributed by atoms with Gasteiger partial charge < -0.3 is 4.90 Å². The molecule has 1 aliphatic rings. The average Bonchev–Trinajstić information content (AvgIpc) is 2.37. The molecule has 1 heterocycles. The second-order valence-corrected chi connectivity index (χ2v) is 6.63. The first-order valence-corrected chi connectivity index (χ1v) is 8.27. The number of sulfonamides is 1. The van der Waals surface area contributed by atoms with Crippen molar-refractivity contribution < 1.29 is 13.3 Å². The van der Waals surface area contributed by atoms with E-state index < -0.39 is 14.9 Å². The van der Waals surface area contributed by atoms with E-state index in [9.17, 15) is 18.5 Å². The van der Waals surface area contributed by atoms with Crippen molar-refractivity contribution >= 4 is 27.1 Å². The highest BCUT2D eigenvalue weighted by Crippen LogP contribution is 2.33. The Morgan fingerprint density at radius 3 is 2.45 bits per heavy atom. The van der Waals surface area contributed by atoms with Crippen LogP contribution in [0.2, 0.25) is 0 Å². The zero-order chi connectivity index (χ0) is 14.8. The minimum atomic E-state index is -3.40. The third-order valence-corrected chi connectivity index (χ3v) is 3.78. The monoisotopic (exact) mass is 299 g/mol. The molecule has 7 nitrogen and oxygen atoms in total. The fourth-order valence-corrected chi connectivity index (χ4v) is 2.90. The van der Waals surface area contributed by atoms with Crippen molar-refractivity contribution in [3.05, 3.63) is 28.3 Å². The van der Waals surface area contributed by atoms with Crippen molar-refractivity contribution in [2.75, 3.05) is 29.0 Å². The Morgan fingerprint density at radius 2 is 1.90 bits per heavy atom. The summed E-state index contributed by atoms with van der Waals surface area (Å²) in [6.45, 7) is 1.51. The Morgan fingerprint density at radius 1 is 1.25 bits per heavy atom. The first-order chi connectivity index (χ1) is 9.37. The van der Waals surface area contributed by atoms with E-state index in [1.165, 1.54) is 18.2 Å². The lowest BCUT2D eigenvalue weighted by Crippen LogP contribution is -2.30. The van der Waals surface area contributed by atoms with Crippen molar-refractivity contribution in [2.45, 2.75) is 19.3 Å². The molecular weight excluding hydrogens is 282 g/mol. The second kappa shape index (κ2) is 5.66. The fourth-order valence-electron chi connectivity index (χ4n) is 2.34. The van der Waals surface area contributed by atoms with E-state index in [1.54, 1.807) is 0 Å². The second-order valence-electron chi connectivity index (χ2n) is 4.88. The van der Waals surface area contributed by atoms with Crippen LogP contribution in [0.15, 0.2) is 18.2 Å². The smallest absolute Gasteiger partial charge is 0.292 e. The van der Waals surface area contributed by atoms with Crippen molar-refractivity contribution in [3.63, 3.8) is 0 Å². The third kappa shape index (κ3) is 3.60. The molecule has 1 saturated heterocycles. The number of nitro groups is 1. The van der Waals surface area contributed by atoms with Gasteiger partial charge in [0.15, 0.2) is 0 Å². The van der Waals surface area contributed by atoms with Crippen LogP contribution < -0.4 is 9.62 Å². The number of nitrogens with zero attached hydrogens (tertiary/aromatic N) is 2. The van der Waals surface area contributed by atoms with E-state index in [0.717, 1.165) is 38.6 Å². The fraction of sp³-hybridized carbons (Fsp3) is 0.500. The highest BCUT2D eigenvalue weighted by molar-refractivity contribution is 7.92. The van der Waals surface area contributed by atoms with Gasteiger partial charge in [-0.05, 0) is 31.4 Å². The SMILES string of the molecule is CS(=O)(=O)Nc1ccc([N+](=O)[O-])c(N2CCCCC2)c1. The molecule has 20 heavy (non-hydrogen) atoms. The molecule has 0 spiro atoms. The molecule has 110 valence electrons. The summed E-state index contributed by atoms with van der Waals surface area (Å²) < 4.78 is 24.8. The van der Waals surface area contributed by atoms with Gasteiger partial charge in [0, 0.05) is 19.2 Å². The highest BCUT2D eigenvalue weighted by atomic mass is 32.2. The molecule has 0 bridgehead atoms. The van der Waals surface area contributed by atoms with E-state index in [4.69, 9.17) is 0 Å². The van der Waals surface area contributed by atoms with Gasteiger partial charge in [-0.15, -0.1) is 0 Å². The molecule has 1 aromatic carbocycles. The maximum atomic E-state index is 11.2. The number of rotatable bonds is 4. The number of hydrogen-bond donors (Lipinski definition) is 1. The summed E-state index contributed by atoms with van der Waals surface area (Å²) in [5.74, 6) is 0. The van der Waals surface area contributed by atoms with Gasteiger partial charge >= 0.3 is 0 Å². The summed E-state index contributed by atoms with van der Waals surface area (Å²) in [4.78, 5) is 12.6. The van der Waals surface area contributed by atoms with Gasteiger partial charge in [-0.25, -0.2) is 8.42 Å². The van der Waals surface area contributed by atoms with Crippen LogP contribution in [0.4, 0.5) is 17.1 Å². The molecule has 0 radical (unpaired) electrons. The molecule has 0 amide bonds. The quantitative estimate of drug-likeness (QED) is 0.677. The van der Waals surface area contributed by atoms with Gasteiger partial charge in [-0.1, -0.05) is 0 Å². The summed E-state index contributed by atoms with van der Waals surface area (Å²) in [7, 11) is -3.40. The minimum absolute atomic E-state index is 0.00551. The van der Waals surface area contributed by atoms with Crippen LogP contribution in [0.5, 0.6) is 0 Å². The predicted molar refractivity (Wildman–Crippen MR) is 77.6 cm³/mol. The molecule has 1 N–H and O–H groups in total. The number of piperidine rings is 1. The Hall–Kier alpha value is -1.83. The van der Waals surface area contributed by atoms with Crippen LogP contribution in [0, 0.1) is 10.1 Å². The minimum Gasteiger partial charge on any atom is -0.366 e. The first kappa shape index (κ1) is 14.6. The number of benzene rings is 1. The van der Waals surface area contributed by atoms with Crippen LogP contribution in [-0.2, 0) is 10.0 Å². The van der Waals surface area contributed by atoms with Crippen molar-refractivity contribution in [3.8, 4) is 0 Å². The third-order valence-electron chi connectivity index (χ3n) is 3.17. The zero-order valence-electron chi connectivity index (χ0n) is 11.2.